The van der Waals surface area contributed by atoms with E-state index in [1.54, 1.807) is 0 Å². The summed E-state index contributed by atoms with van der Waals surface area (Å²) in [6.07, 6.45) is 4.87. The van der Waals surface area contributed by atoms with Gasteiger partial charge in [-0.3, -0.25) is 4.79 Å². The van der Waals surface area contributed by atoms with Crippen molar-refractivity contribution in [3.05, 3.63) is 62.6 Å². The van der Waals surface area contributed by atoms with E-state index >= 15 is 0 Å². The molecule has 138 valence electrons. The summed E-state index contributed by atoms with van der Waals surface area (Å²) in [7, 11) is 0. The molecule has 5 rings (SSSR count). The number of thiophene rings is 1. The number of carboxylic acid groups (broad SMARTS) is 1. The first-order valence-electron chi connectivity index (χ1n) is 8.60. The van der Waals surface area contributed by atoms with Crippen LogP contribution in [0.2, 0.25) is 0 Å². The third kappa shape index (κ3) is 3.24. The number of fused-ring (bicyclic) bond motifs is 4. The Morgan fingerprint density at radius 3 is 2.93 bits per heavy atom. The number of nitrogens with one attached hydrogen (secondary N) is 2. The number of carboxylic acids is 1. The molecule has 1 aromatic carbocycles. The van der Waals surface area contributed by atoms with Gasteiger partial charge in [0.2, 0.25) is 5.82 Å². The molecule has 1 aliphatic carbocycles. The van der Waals surface area contributed by atoms with Crippen molar-refractivity contribution in [3.63, 3.8) is 0 Å². The number of nitrogens with zero attached hydrogens (tertiary/aromatic N) is 1. The molecular weight excluding hydrogens is 364 g/mol. The molecule has 0 aliphatic heterocycles. The number of hydrogen-bond donors (Lipinski definition) is 4. The maximum Gasteiger partial charge on any atom is 0.372 e. The van der Waals surface area contributed by atoms with Gasteiger partial charge >= 0.3 is 5.97 Å². The topological polar surface area (TPSA) is 125 Å². The van der Waals surface area contributed by atoms with Crippen LogP contribution in [0.5, 0.6) is 0 Å². The zero-order chi connectivity index (χ0) is 19.0. The fraction of sp³-hybridized carbons (Fsp3) is 0.211. The summed E-state index contributed by atoms with van der Waals surface area (Å²) in [6.45, 7) is 0.612. The number of aromatic amines is 2. The van der Waals surface area contributed by atoms with Gasteiger partial charge in [0.15, 0.2) is 0 Å². The standard InChI is InChI=1S/C10H8N2O3S.C9H10N2/c13-8-6-4-2-1-3-5(4)16-9(6)12-7(11-8)10(14)15;10-6-7-1-2-9-8(5-7)3-4-11-9/h1-3H2,(H,14,15)(H,11,12,13);1-5,11H,6,10H2. The van der Waals surface area contributed by atoms with E-state index in [1.807, 2.05) is 12.3 Å². The lowest BCUT2D eigenvalue weighted by molar-refractivity contribution is 0.0683. The third-order valence-electron chi connectivity index (χ3n) is 4.63. The number of H-pyrrole nitrogens is 2. The second-order valence-corrected chi connectivity index (χ2v) is 7.44. The van der Waals surface area contributed by atoms with Crippen LogP contribution in [0.25, 0.3) is 21.1 Å². The number of aromatic carboxylic acids is 1. The van der Waals surface area contributed by atoms with Crippen molar-refractivity contribution < 1.29 is 9.90 Å². The normalized spacial score (nSPS) is 12.8. The third-order valence-corrected chi connectivity index (χ3v) is 5.82. The van der Waals surface area contributed by atoms with Gasteiger partial charge in [-0.25, -0.2) is 9.78 Å². The van der Waals surface area contributed by atoms with Gasteiger partial charge in [-0.1, -0.05) is 6.07 Å². The molecule has 0 bridgehead atoms. The van der Waals surface area contributed by atoms with Gasteiger partial charge < -0.3 is 20.8 Å². The van der Waals surface area contributed by atoms with E-state index in [1.165, 1.54) is 32.7 Å². The van der Waals surface area contributed by atoms with Gasteiger partial charge in [-0.15, -0.1) is 11.3 Å². The van der Waals surface area contributed by atoms with Gasteiger partial charge in [0.1, 0.15) is 4.83 Å². The number of nitrogens with two attached hydrogens (primary N) is 1. The second-order valence-electron chi connectivity index (χ2n) is 6.36. The molecule has 0 radical (unpaired) electrons. The molecule has 1 aliphatic rings. The van der Waals surface area contributed by atoms with Crippen LogP contribution in [0.4, 0.5) is 0 Å². The summed E-state index contributed by atoms with van der Waals surface area (Å²) in [4.78, 5) is 33.6. The quantitative estimate of drug-likeness (QED) is 0.424. The van der Waals surface area contributed by atoms with Gasteiger partial charge in [-0.05, 0) is 54.0 Å². The number of aromatic nitrogens is 3. The van der Waals surface area contributed by atoms with Crippen LogP contribution < -0.4 is 11.3 Å². The van der Waals surface area contributed by atoms with Crippen molar-refractivity contribution in [1.82, 2.24) is 15.0 Å². The van der Waals surface area contributed by atoms with Crippen molar-refractivity contribution in [2.24, 2.45) is 5.73 Å². The second kappa shape index (κ2) is 6.98. The monoisotopic (exact) mass is 382 g/mol. The summed E-state index contributed by atoms with van der Waals surface area (Å²) in [6, 6.07) is 8.25. The van der Waals surface area contributed by atoms with Crippen molar-refractivity contribution in [1.29, 1.82) is 0 Å². The molecular formula is C19H18N4O3S. The Labute approximate surface area is 157 Å². The van der Waals surface area contributed by atoms with Gasteiger partial charge in [0, 0.05) is 23.1 Å². The minimum absolute atomic E-state index is 0.280. The van der Waals surface area contributed by atoms with E-state index in [2.05, 4.69) is 33.2 Å². The van der Waals surface area contributed by atoms with E-state index in [4.69, 9.17) is 10.8 Å². The van der Waals surface area contributed by atoms with Crippen LogP contribution in [0, 0.1) is 0 Å². The van der Waals surface area contributed by atoms with Crippen molar-refractivity contribution >= 4 is 38.4 Å². The lowest BCUT2D eigenvalue weighted by Crippen LogP contribution is -2.15. The Kier molecular flexibility index (Phi) is 4.51. The van der Waals surface area contributed by atoms with E-state index in [0.717, 1.165) is 24.8 Å². The van der Waals surface area contributed by atoms with Gasteiger partial charge in [0.25, 0.3) is 5.56 Å². The SMILES string of the molecule is NCc1ccc2[nH]ccc2c1.O=C(O)c1nc2sc3c(c2c(=O)[nH]1)CCC3. The van der Waals surface area contributed by atoms with Gasteiger partial charge in [-0.2, -0.15) is 0 Å². The number of benzene rings is 1. The first-order chi connectivity index (χ1) is 13.1. The first-order valence-corrected chi connectivity index (χ1v) is 9.42. The number of hydrogen-bond acceptors (Lipinski definition) is 5. The fourth-order valence-electron chi connectivity index (χ4n) is 3.33. The van der Waals surface area contributed by atoms with E-state index < -0.39 is 5.97 Å². The highest BCUT2D eigenvalue weighted by Gasteiger charge is 2.22. The minimum Gasteiger partial charge on any atom is -0.475 e. The Hall–Kier alpha value is -2.97. The smallest absolute Gasteiger partial charge is 0.372 e. The summed E-state index contributed by atoms with van der Waals surface area (Å²) in [5, 5.41) is 10.6. The van der Waals surface area contributed by atoms with Crippen LogP contribution in [0.1, 0.15) is 33.0 Å². The maximum absolute atomic E-state index is 11.8. The summed E-state index contributed by atoms with van der Waals surface area (Å²) in [5.74, 6) is -1.48. The van der Waals surface area contributed by atoms with E-state index in [0.29, 0.717) is 16.8 Å². The lowest BCUT2D eigenvalue weighted by Gasteiger charge is -1.95. The van der Waals surface area contributed by atoms with Crippen molar-refractivity contribution in [2.45, 2.75) is 25.8 Å². The molecule has 0 atom stereocenters. The zero-order valence-corrected chi connectivity index (χ0v) is 15.2. The average molecular weight is 382 g/mol. The van der Waals surface area contributed by atoms with Crippen molar-refractivity contribution in [2.75, 3.05) is 0 Å². The largest absolute Gasteiger partial charge is 0.475 e. The highest BCUT2D eigenvalue weighted by Crippen LogP contribution is 2.34. The molecule has 3 heterocycles. The average Bonchev–Trinajstić information content (AvgIpc) is 3.36. The van der Waals surface area contributed by atoms with Crippen LogP contribution in [-0.4, -0.2) is 26.0 Å². The van der Waals surface area contributed by atoms with E-state index in [-0.39, 0.29) is 11.4 Å². The molecule has 0 spiro atoms. The minimum atomic E-state index is -1.20. The van der Waals surface area contributed by atoms with Crippen LogP contribution >= 0.6 is 11.3 Å². The Bertz CT molecular complexity index is 1200. The van der Waals surface area contributed by atoms with Gasteiger partial charge in [0.05, 0.1) is 5.39 Å². The molecule has 4 aromatic rings. The molecule has 0 fully saturated rings. The predicted octanol–water partition coefficient (Wildman–Crippen LogP) is 2.80. The summed E-state index contributed by atoms with van der Waals surface area (Å²) in [5.41, 5.74) is 8.58. The maximum atomic E-state index is 11.8. The lowest BCUT2D eigenvalue weighted by atomic mass is 10.1. The van der Waals surface area contributed by atoms with E-state index in [9.17, 15) is 9.59 Å². The molecule has 7 nitrogen and oxygen atoms in total. The van der Waals surface area contributed by atoms with Crippen LogP contribution in [0.15, 0.2) is 35.3 Å². The molecule has 0 saturated heterocycles. The van der Waals surface area contributed by atoms with Crippen LogP contribution in [0.3, 0.4) is 0 Å². The fourth-order valence-corrected chi connectivity index (χ4v) is 4.60. The summed E-state index contributed by atoms with van der Waals surface area (Å²) >= 11 is 1.44. The Morgan fingerprint density at radius 2 is 2.15 bits per heavy atom. The predicted molar refractivity (Wildman–Crippen MR) is 105 cm³/mol. The van der Waals surface area contributed by atoms with Crippen LogP contribution in [-0.2, 0) is 19.4 Å². The Balaban J connectivity index is 0.000000143. The highest BCUT2D eigenvalue weighted by molar-refractivity contribution is 7.18. The molecule has 3 aromatic heterocycles. The highest BCUT2D eigenvalue weighted by atomic mass is 32.1. The number of carbonyl (C=O) groups is 1. The first kappa shape index (κ1) is 17.4. The molecule has 5 N–H and O–H groups in total. The van der Waals surface area contributed by atoms with Crippen molar-refractivity contribution in [3.8, 4) is 0 Å². The number of aryl methyl sites for hydroxylation is 2. The Morgan fingerprint density at radius 1 is 1.30 bits per heavy atom. The molecule has 0 amide bonds. The molecule has 27 heavy (non-hydrogen) atoms. The molecule has 8 heteroatoms. The summed E-state index contributed by atoms with van der Waals surface area (Å²) < 4.78 is 0. The number of rotatable bonds is 2. The molecule has 0 unspecified atom stereocenters. The zero-order valence-electron chi connectivity index (χ0n) is 14.4. The molecule has 0 saturated carbocycles.